The summed E-state index contributed by atoms with van der Waals surface area (Å²) in [5.74, 6) is 1.82. The van der Waals surface area contributed by atoms with Crippen LogP contribution in [0.4, 0.5) is 5.69 Å². The molecule has 110 valence electrons. The molecule has 0 fully saturated rings. The first-order valence-electron chi connectivity index (χ1n) is 7.38. The Hall–Kier alpha value is -1.00. The predicted octanol–water partition coefficient (Wildman–Crippen LogP) is 3.06. The van der Waals surface area contributed by atoms with Gasteiger partial charge in [0.25, 0.3) is 0 Å². The summed E-state index contributed by atoms with van der Waals surface area (Å²) < 4.78 is 0. The number of anilines is 1. The number of hydrogen-bond donors (Lipinski definition) is 1. The molecule has 3 nitrogen and oxygen atoms in total. The minimum Gasteiger partial charge on any atom is -0.330 e. The van der Waals surface area contributed by atoms with Crippen molar-refractivity contribution in [3.63, 3.8) is 0 Å². The third-order valence-electron chi connectivity index (χ3n) is 3.57. The standard InChI is InChI=1S/C16H24N2OS/c1-12(2)7-9-18-15-5-4-14(20-10-8-17)11-13(15)3-6-16(18)19/h4-5,11-12H,3,6-10,17H2,1-2H3. The number of nitrogens with zero attached hydrogens (tertiary/aromatic N) is 1. The summed E-state index contributed by atoms with van der Waals surface area (Å²) in [6, 6.07) is 6.44. The summed E-state index contributed by atoms with van der Waals surface area (Å²) in [4.78, 5) is 15.4. The Morgan fingerprint density at radius 1 is 1.35 bits per heavy atom. The number of carbonyl (C=O) groups is 1. The van der Waals surface area contributed by atoms with Crippen molar-refractivity contribution in [2.45, 2.75) is 38.0 Å². The average Bonchev–Trinajstić information content (AvgIpc) is 2.43. The molecule has 0 saturated heterocycles. The van der Waals surface area contributed by atoms with Crippen LogP contribution in [0, 0.1) is 5.92 Å². The Balaban J connectivity index is 2.16. The number of thioether (sulfide) groups is 1. The number of carbonyl (C=O) groups excluding carboxylic acids is 1. The van der Waals surface area contributed by atoms with Crippen LogP contribution in [0.2, 0.25) is 0 Å². The van der Waals surface area contributed by atoms with Crippen molar-refractivity contribution < 1.29 is 4.79 Å². The molecule has 0 bridgehead atoms. The van der Waals surface area contributed by atoms with Crippen LogP contribution in [0.15, 0.2) is 23.1 Å². The van der Waals surface area contributed by atoms with Crippen molar-refractivity contribution in [2.24, 2.45) is 11.7 Å². The molecule has 1 aromatic carbocycles. The fraction of sp³-hybridized carbons (Fsp3) is 0.562. The van der Waals surface area contributed by atoms with Gasteiger partial charge in [-0.3, -0.25) is 4.79 Å². The van der Waals surface area contributed by atoms with Crippen molar-refractivity contribution in [2.75, 3.05) is 23.7 Å². The van der Waals surface area contributed by atoms with Gasteiger partial charge < -0.3 is 10.6 Å². The van der Waals surface area contributed by atoms with E-state index in [1.54, 1.807) is 11.8 Å². The van der Waals surface area contributed by atoms with Crippen LogP contribution < -0.4 is 10.6 Å². The molecule has 20 heavy (non-hydrogen) atoms. The summed E-state index contributed by atoms with van der Waals surface area (Å²) in [5.41, 5.74) is 7.96. The zero-order valence-electron chi connectivity index (χ0n) is 12.4. The minimum atomic E-state index is 0.264. The Labute approximate surface area is 125 Å². The second-order valence-corrected chi connectivity index (χ2v) is 6.82. The van der Waals surface area contributed by atoms with E-state index in [9.17, 15) is 4.79 Å². The second kappa shape index (κ2) is 7.14. The van der Waals surface area contributed by atoms with Gasteiger partial charge in [-0.15, -0.1) is 11.8 Å². The SMILES string of the molecule is CC(C)CCN1C(=O)CCc2cc(SCCN)ccc21. The van der Waals surface area contributed by atoms with Gasteiger partial charge in [-0.05, 0) is 42.5 Å². The molecule has 1 heterocycles. The van der Waals surface area contributed by atoms with Gasteiger partial charge in [-0.2, -0.15) is 0 Å². The molecule has 0 radical (unpaired) electrons. The molecular weight excluding hydrogens is 268 g/mol. The Morgan fingerprint density at radius 2 is 2.15 bits per heavy atom. The third kappa shape index (κ3) is 3.76. The number of hydrogen-bond acceptors (Lipinski definition) is 3. The van der Waals surface area contributed by atoms with Gasteiger partial charge in [-0.1, -0.05) is 13.8 Å². The van der Waals surface area contributed by atoms with Crippen molar-refractivity contribution in [1.82, 2.24) is 0 Å². The maximum atomic E-state index is 12.1. The number of rotatable bonds is 6. The number of nitrogens with two attached hydrogens (primary N) is 1. The quantitative estimate of drug-likeness (QED) is 0.820. The summed E-state index contributed by atoms with van der Waals surface area (Å²) in [6.45, 7) is 5.92. The van der Waals surface area contributed by atoms with Crippen molar-refractivity contribution in [3.8, 4) is 0 Å². The monoisotopic (exact) mass is 292 g/mol. The summed E-state index contributed by atoms with van der Waals surface area (Å²) in [7, 11) is 0. The maximum Gasteiger partial charge on any atom is 0.227 e. The van der Waals surface area contributed by atoms with Gasteiger partial charge in [0.05, 0.1) is 0 Å². The molecule has 0 spiro atoms. The summed E-state index contributed by atoms with van der Waals surface area (Å²) in [5, 5.41) is 0. The molecule has 2 rings (SSSR count). The fourth-order valence-electron chi connectivity index (χ4n) is 2.44. The van der Waals surface area contributed by atoms with Gasteiger partial charge in [0, 0.05) is 35.8 Å². The van der Waals surface area contributed by atoms with Crippen molar-refractivity contribution in [1.29, 1.82) is 0 Å². The first kappa shape index (κ1) is 15.4. The number of aryl methyl sites for hydroxylation is 1. The lowest BCUT2D eigenvalue weighted by Gasteiger charge is -2.30. The van der Waals surface area contributed by atoms with E-state index in [1.807, 2.05) is 4.90 Å². The van der Waals surface area contributed by atoms with Crippen LogP contribution in [-0.2, 0) is 11.2 Å². The van der Waals surface area contributed by atoms with Crippen molar-refractivity contribution >= 4 is 23.4 Å². The predicted molar refractivity (Wildman–Crippen MR) is 86.3 cm³/mol. The van der Waals surface area contributed by atoms with Crippen LogP contribution in [-0.4, -0.2) is 24.7 Å². The molecule has 2 N–H and O–H groups in total. The highest BCUT2D eigenvalue weighted by Gasteiger charge is 2.24. The molecule has 1 aliphatic heterocycles. The van der Waals surface area contributed by atoms with E-state index in [0.29, 0.717) is 18.9 Å². The van der Waals surface area contributed by atoms with Crippen LogP contribution >= 0.6 is 11.8 Å². The molecule has 1 aliphatic rings. The highest BCUT2D eigenvalue weighted by atomic mass is 32.2. The minimum absolute atomic E-state index is 0.264. The highest BCUT2D eigenvalue weighted by Crippen LogP contribution is 2.32. The molecule has 0 aromatic heterocycles. The smallest absolute Gasteiger partial charge is 0.227 e. The molecule has 1 amide bonds. The van der Waals surface area contributed by atoms with E-state index in [2.05, 4.69) is 32.0 Å². The van der Waals surface area contributed by atoms with Gasteiger partial charge >= 0.3 is 0 Å². The van der Waals surface area contributed by atoms with E-state index in [0.717, 1.165) is 30.8 Å². The third-order valence-corrected chi connectivity index (χ3v) is 4.59. The van der Waals surface area contributed by atoms with Crippen LogP contribution in [0.25, 0.3) is 0 Å². The molecular formula is C16H24N2OS. The Kier molecular flexibility index (Phi) is 5.49. The molecule has 0 atom stereocenters. The largest absolute Gasteiger partial charge is 0.330 e. The number of benzene rings is 1. The van der Waals surface area contributed by atoms with Gasteiger partial charge in [-0.25, -0.2) is 0 Å². The average molecular weight is 292 g/mol. The second-order valence-electron chi connectivity index (χ2n) is 5.66. The maximum absolute atomic E-state index is 12.1. The zero-order valence-corrected chi connectivity index (χ0v) is 13.2. The van der Waals surface area contributed by atoms with E-state index in [1.165, 1.54) is 10.5 Å². The van der Waals surface area contributed by atoms with E-state index in [-0.39, 0.29) is 5.91 Å². The summed E-state index contributed by atoms with van der Waals surface area (Å²) >= 11 is 1.79. The molecule has 1 aromatic rings. The van der Waals surface area contributed by atoms with Crippen LogP contribution in [0.3, 0.4) is 0 Å². The molecule has 0 saturated carbocycles. The van der Waals surface area contributed by atoms with Crippen LogP contribution in [0.5, 0.6) is 0 Å². The lowest BCUT2D eigenvalue weighted by molar-refractivity contribution is -0.118. The van der Waals surface area contributed by atoms with Gasteiger partial charge in [0.1, 0.15) is 0 Å². The van der Waals surface area contributed by atoms with Crippen molar-refractivity contribution in [3.05, 3.63) is 23.8 Å². The first-order chi connectivity index (χ1) is 9.61. The normalized spacial score (nSPS) is 14.8. The topological polar surface area (TPSA) is 46.3 Å². The first-order valence-corrected chi connectivity index (χ1v) is 8.36. The van der Waals surface area contributed by atoms with E-state index in [4.69, 9.17) is 5.73 Å². The van der Waals surface area contributed by atoms with Gasteiger partial charge in [0.2, 0.25) is 5.91 Å². The van der Waals surface area contributed by atoms with E-state index >= 15 is 0 Å². The molecule has 0 unspecified atom stereocenters. The molecule has 4 heteroatoms. The fourth-order valence-corrected chi connectivity index (χ4v) is 3.18. The van der Waals surface area contributed by atoms with Gasteiger partial charge in [0.15, 0.2) is 0 Å². The lowest BCUT2D eigenvalue weighted by Crippen LogP contribution is -2.36. The number of fused-ring (bicyclic) bond motifs is 1. The number of amides is 1. The van der Waals surface area contributed by atoms with E-state index < -0.39 is 0 Å². The zero-order chi connectivity index (χ0) is 14.5. The Bertz CT molecular complexity index is 474. The van der Waals surface area contributed by atoms with Crippen LogP contribution in [0.1, 0.15) is 32.3 Å². The lowest BCUT2D eigenvalue weighted by atomic mass is 10.00. The summed E-state index contributed by atoms with van der Waals surface area (Å²) in [6.07, 6.45) is 2.55. The molecule has 0 aliphatic carbocycles. The highest BCUT2D eigenvalue weighted by molar-refractivity contribution is 7.99. The Morgan fingerprint density at radius 3 is 2.85 bits per heavy atom.